The van der Waals surface area contributed by atoms with Crippen molar-refractivity contribution in [3.63, 3.8) is 0 Å². The van der Waals surface area contributed by atoms with E-state index in [1.165, 1.54) is 25.7 Å². The minimum Gasteiger partial charge on any atom is -0.353 e. The highest BCUT2D eigenvalue weighted by molar-refractivity contribution is 5.85. The smallest absolute Gasteiger partial charge is 0.223 e. The number of nitrogens with one attached hydrogen (secondary N) is 2. The second kappa shape index (κ2) is 6.01. The Morgan fingerprint density at radius 1 is 1.21 bits per heavy atom. The summed E-state index contributed by atoms with van der Waals surface area (Å²) in [6.07, 6.45) is 5.61. The van der Waals surface area contributed by atoms with Crippen molar-refractivity contribution in [3.8, 4) is 0 Å². The molecule has 5 unspecified atom stereocenters. The SMILES string of the molecule is CC(NC(=O)C(C)C1CNC1)C1CC2CCC1C2.Cl. The van der Waals surface area contributed by atoms with Crippen LogP contribution in [-0.2, 0) is 4.79 Å². The zero-order valence-corrected chi connectivity index (χ0v) is 12.8. The molecule has 3 fully saturated rings. The minimum atomic E-state index is 0. The van der Waals surface area contributed by atoms with Crippen LogP contribution >= 0.6 is 12.4 Å². The molecule has 0 aromatic heterocycles. The Balaban J connectivity index is 0.00000133. The molecule has 1 saturated heterocycles. The largest absolute Gasteiger partial charge is 0.353 e. The molecular weight excluding hydrogens is 260 g/mol. The molecule has 1 aliphatic heterocycles. The number of fused-ring (bicyclic) bond motifs is 2. The maximum Gasteiger partial charge on any atom is 0.223 e. The van der Waals surface area contributed by atoms with Crippen LogP contribution < -0.4 is 10.6 Å². The molecule has 5 atom stereocenters. The van der Waals surface area contributed by atoms with Crippen molar-refractivity contribution in [2.45, 2.75) is 45.6 Å². The molecule has 2 N–H and O–H groups in total. The van der Waals surface area contributed by atoms with Gasteiger partial charge in [0.15, 0.2) is 0 Å². The number of carbonyl (C=O) groups excluding carboxylic acids is 1. The average molecular weight is 287 g/mol. The first kappa shape index (κ1) is 15.1. The van der Waals surface area contributed by atoms with Crippen molar-refractivity contribution in [3.05, 3.63) is 0 Å². The molecule has 1 amide bonds. The molecule has 110 valence electrons. The molecule has 0 radical (unpaired) electrons. The van der Waals surface area contributed by atoms with Crippen LogP contribution in [0.5, 0.6) is 0 Å². The molecule has 3 aliphatic rings. The zero-order valence-electron chi connectivity index (χ0n) is 12.0. The fourth-order valence-electron chi connectivity index (χ4n) is 4.25. The number of hydrogen-bond donors (Lipinski definition) is 2. The van der Waals surface area contributed by atoms with E-state index < -0.39 is 0 Å². The fourth-order valence-corrected chi connectivity index (χ4v) is 4.25. The Kier molecular flexibility index (Phi) is 4.78. The molecule has 4 heteroatoms. The van der Waals surface area contributed by atoms with Crippen LogP contribution in [0.15, 0.2) is 0 Å². The van der Waals surface area contributed by atoms with Crippen molar-refractivity contribution in [1.82, 2.24) is 10.6 Å². The second-order valence-electron chi connectivity index (χ2n) is 6.84. The zero-order chi connectivity index (χ0) is 12.7. The quantitative estimate of drug-likeness (QED) is 0.832. The predicted molar refractivity (Wildman–Crippen MR) is 79.3 cm³/mol. The van der Waals surface area contributed by atoms with E-state index >= 15 is 0 Å². The van der Waals surface area contributed by atoms with E-state index in [-0.39, 0.29) is 24.2 Å². The van der Waals surface area contributed by atoms with E-state index in [9.17, 15) is 4.79 Å². The first-order valence-corrected chi connectivity index (χ1v) is 7.66. The predicted octanol–water partition coefficient (Wildman–Crippen LogP) is 2.20. The number of rotatable bonds is 4. The molecule has 3 nitrogen and oxygen atoms in total. The number of carbonyl (C=O) groups is 1. The Morgan fingerprint density at radius 3 is 2.42 bits per heavy atom. The van der Waals surface area contributed by atoms with Gasteiger partial charge in [0.1, 0.15) is 0 Å². The highest BCUT2D eigenvalue weighted by Crippen LogP contribution is 2.49. The first-order valence-electron chi connectivity index (χ1n) is 7.66. The van der Waals surface area contributed by atoms with Crippen molar-refractivity contribution in [2.24, 2.45) is 29.6 Å². The van der Waals surface area contributed by atoms with Gasteiger partial charge in [-0.15, -0.1) is 12.4 Å². The molecular formula is C15H27ClN2O. The molecule has 19 heavy (non-hydrogen) atoms. The van der Waals surface area contributed by atoms with Gasteiger partial charge >= 0.3 is 0 Å². The van der Waals surface area contributed by atoms with Crippen molar-refractivity contribution in [1.29, 1.82) is 0 Å². The van der Waals surface area contributed by atoms with Gasteiger partial charge in [-0.3, -0.25) is 4.79 Å². The summed E-state index contributed by atoms with van der Waals surface area (Å²) in [5, 5.41) is 6.54. The highest BCUT2D eigenvalue weighted by Gasteiger charge is 2.42. The highest BCUT2D eigenvalue weighted by atomic mass is 35.5. The van der Waals surface area contributed by atoms with Gasteiger partial charge in [-0.2, -0.15) is 0 Å². The lowest BCUT2D eigenvalue weighted by atomic mass is 9.83. The van der Waals surface area contributed by atoms with E-state index in [0.717, 1.165) is 30.8 Å². The summed E-state index contributed by atoms with van der Waals surface area (Å²) >= 11 is 0. The van der Waals surface area contributed by atoms with Gasteiger partial charge < -0.3 is 10.6 Å². The molecule has 2 aliphatic carbocycles. The van der Waals surface area contributed by atoms with Crippen molar-refractivity contribution in [2.75, 3.05) is 13.1 Å². The maximum absolute atomic E-state index is 12.2. The van der Waals surface area contributed by atoms with E-state index in [2.05, 4.69) is 24.5 Å². The lowest BCUT2D eigenvalue weighted by Gasteiger charge is -2.34. The van der Waals surface area contributed by atoms with E-state index in [4.69, 9.17) is 0 Å². The van der Waals surface area contributed by atoms with Crippen LogP contribution in [0.4, 0.5) is 0 Å². The maximum atomic E-state index is 12.2. The van der Waals surface area contributed by atoms with Gasteiger partial charge in [-0.1, -0.05) is 13.3 Å². The van der Waals surface area contributed by atoms with Crippen LogP contribution in [0.2, 0.25) is 0 Å². The lowest BCUT2D eigenvalue weighted by molar-refractivity contribution is -0.127. The van der Waals surface area contributed by atoms with Crippen LogP contribution in [0.25, 0.3) is 0 Å². The van der Waals surface area contributed by atoms with E-state index in [1.54, 1.807) is 0 Å². The summed E-state index contributed by atoms with van der Waals surface area (Å²) in [6, 6.07) is 0.378. The van der Waals surface area contributed by atoms with Crippen molar-refractivity contribution >= 4 is 18.3 Å². The summed E-state index contributed by atoms with van der Waals surface area (Å²) in [7, 11) is 0. The van der Waals surface area contributed by atoms with Gasteiger partial charge in [-0.05, 0) is 62.9 Å². The van der Waals surface area contributed by atoms with E-state index in [1.807, 2.05) is 0 Å². The van der Waals surface area contributed by atoms with Gasteiger partial charge in [0, 0.05) is 12.0 Å². The third-order valence-electron chi connectivity index (χ3n) is 5.74. The normalized spacial score (nSPS) is 36.2. The van der Waals surface area contributed by atoms with Crippen LogP contribution in [0, 0.1) is 29.6 Å². The molecule has 2 bridgehead atoms. The molecule has 3 rings (SSSR count). The fraction of sp³-hybridized carbons (Fsp3) is 0.933. The Labute approximate surface area is 122 Å². The standard InChI is InChI=1S/C15H26N2O.ClH/c1-9(13-7-16-8-13)15(18)17-10(2)14-6-11-3-4-12(14)5-11;/h9-14,16H,3-8H2,1-2H3,(H,17,18);1H. The monoisotopic (exact) mass is 286 g/mol. The van der Waals surface area contributed by atoms with Gasteiger partial charge in [0.25, 0.3) is 0 Å². The Bertz CT molecular complexity index is 332. The van der Waals surface area contributed by atoms with E-state index in [0.29, 0.717) is 12.0 Å². The summed E-state index contributed by atoms with van der Waals surface area (Å²) in [6.45, 7) is 6.32. The van der Waals surface area contributed by atoms with Gasteiger partial charge in [-0.25, -0.2) is 0 Å². The van der Waals surface area contributed by atoms with Crippen LogP contribution in [0.1, 0.15) is 39.5 Å². The second-order valence-corrected chi connectivity index (χ2v) is 6.84. The van der Waals surface area contributed by atoms with Crippen LogP contribution in [-0.4, -0.2) is 25.0 Å². The Hall–Kier alpha value is -0.280. The molecule has 0 aromatic carbocycles. The van der Waals surface area contributed by atoms with Gasteiger partial charge in [0.2, 0.25) is 5.91 Å². The average Bonchev–Trinajstić information content (AvgIpc) is 2.87. The Morgan fingerprint density at radius 2 is 1.95 bits per heavy atom. The molecule has 2 saturated carbocycles. The topological polar surface area (TPSA) is 41.1 Å². The molecule has 1 heterocycles. The number of halogens is 1. The third-order valence-corrected chi connectivity index (χ3v) is 5.74. The number of hydrogen-bond acceptors (Lipinski definition) is 2. The third kappa shape index (κ3) is 2.92. The van der Waals surface area contributed by atoms with Gasteiger partial charge in [0.05, 0.1) is 0 Å². The molecule has 0 spiro atoms. The summed E-state index contributed by atoms with van der Waals surface area (Å²) in [5.41, 5.74) is 0. The first-order chi connectivity index (χ1) is 8.65. The van der Waals surface area contributed by atoms with Crippen molar-refractivity contribution < 1.29 is 4.79 Å². The number of amides is 1. The summed E-state index contributed by atoms with van der Waals surface area (Å²) in [4.78, 5) is 12.2. The minimum absolute atomic E-state index is 0. The molecule has 0 aromatic rings. The lowest BCUT2D eigenvalue weighted by Crippen LogP contribution is -2.51. The summed E-state index contributed by atoms with van der Waals surface area (Å²) in [5.74, 6) is 3.61. The van der Waals surface area contributed by atoms with Crippen LogP contribution in [0.3, 0.4) is 0 Å². The summed E-state index contributed by atoms with van der Waals surface area (Å²) < 4.78 is 0.